The first-order valence-corrected chi connectivity index (χ1v) is 6.06. The van der Waals surface area contributed by atoms with Gasteiger partial charge in [0.25, 0.3) is 0 Å². The summed E-state index contributed by atoms with van der Waals surface area (Å²) >= 11 is 3.30. The van der Waals surface area contributed by atoms with E-state index in [0.29, 0.717) is 11.3 Å². The molecule has 5 heteroatoms. The van der Waals surface area contributed by atoms with E-state index in [1.807, 2.05) is 6.07 Å². The Bertz CT molecular complexity index is 572. The number of aromatic nitrogens is 1. The normalized spacial score (nSPS) is 10.1. The zero-order valence-electron chi connectivity index (χ0n) is 9.47. The number of nitrogen functional groups attached to an aromatic ring is 1. The fourth-order valence-corrected chi connectivity index (χ4v) is 1.84. The number of benzene rings is 1. The van der Waals surface area contributed by atoms with Crippen molar-refractivity contribution >= 4 is 27.6 Å². The third kappa shape index (κ3) is 3.30. The van der Waals surface area contributed by atoms with Crippen LogP contribution in [0.4, 0.5) is 5.69 Å². The Labute approximate surface area is 113 Å². The Morgan fingerprint density at radius 3 is 2.89 bits per heavy atom. The number of hydrogen-bond donors (Lipinski definition) is 1. The lowest BCUT2D eigenvalue weighted by Gasteiger charge is -2.05. The second-order valence-corrected chi connectivity index (χ2v) is 4.63. The Morgan fingerprint density at radius 2 is 2.17 bits per heavy atom. The van der Waals surface area contributed by atoms with E-state index in [-0.39, 0.29) is 6.61 Å². The number of carbonyl (C=O) groups excluding carboxylic acids is 1. The summed E-state index contributed by atoms with van der Waals surface area (Å²) < 4.78 is 6.02. The van der Waals surface area contributed by atoms with Crippen LogP contribution >= 0.6 is 15.9 Å². The fourth-order valence-electron chi connectivity index (χ4n) is 1.43. The summed E-state index contributed by atoms with van der Waals surface area (Å²) in [5, 5.41) is 0. The van der Waals surface area contributed by atoms with Crippen LogP contribution in [-0.4, -0.2) is 11.0 Å². The minimum atomic E-state index is -0.401. The highest BCUT2D eigenvalue weighted by Crippen LogP contribution is 2.12. The van der Waals surface area contributed by atoms with E-state index >= 15 is 0 Å². The van der Waals surface area contributed by atoms with Crippen molar-refractivity contribution in [3.05, 3.63) is 58.3 Å². The third-order valence-electron chi connectivity index (χ3n) is 2.25. The Balaban J connectivity index is 2.00. The van der Waals surface area contributed by atoms with Crippen molar-refractivity contribution in [2.24, 2.45) is 0 Å². The minimum absolute atomic E-state index is 0.181. The number of pyridine rings is 1. The maximum absolute atomic E-state index is 11.7. The van der Waals surface area contributed by atoms with Crippen molar-refractivity contribution in [3.8, 4) is 0 Å². The van der Waals surface area contributed by atoms with Crippen LogP contribution in [0, 0.1) is 0 Å². The standard InChI is InChI=1S/C13H11BrN2O2/c14-11-4-9(6-16-7-11)8-18-13(17)10-2-1-3-12(15)5-10/h1-7H,8,15H2. The first-order valence-electron chi connectivity index (χ1n) is 5.27. The Kier molecular flexibility index (Phi) is 3.94. The van der Waals surface area contributed by atoms with Crippen molar-refractivity contribution in [2.45, 2.75) is 6.61 Å². The molecule has 2 aromatic rings. The van der Waals surface area contributed by atoms with E-state index in [2.05, 4.69) is 20.9 Å². The molecule has 1 heterocycles. The van der Waals surface area contributed by atoms with Gasteiger partial charge in [0.15, 0.2) is 0 Å². The van der Waals surface area contributed by atoms with E-state index in [9.17, 15) is 4.79 Å². The summed E-state index contributed by atoms with van der Waals surface area (Å²) in [6.45, 7) is 0.181. The summed E-state index contributed by atoms with van der Waals surface area (Å²) in [4.78, 5) is 15.7. The summed E-state index contributed by atoms with van der Waals surface area (Å²) in [5.41, 5.74) is 7.40. The minimum Gasteiger partial charge on any atom is -0.457 e. The molecule has 2 rings (SSSR count). The molecule has 0 unspecified atom stereocenters. The molecule has 1 aromatic carbocycles. The lowest BCUT2D eigenvalue weighted by atomic mass is 10.2. The van der Waals surface area contributed by atoms with Gasteiger partial charge in [0, 0.05) is 28.1 Å². The zero-order valence-corrected chi connectivity index (χ0v) is 11.1. The lowest BCUT2D eigenvalue weighted by Crippen LogP contribution is -2.05. The topological polar surface area (TPSA) is 65.2 Å². The van der Waals surface area contributed by atoms with Crippen LogP contribution in [0.3, 0.4) is 0 Å². The van der Waals surface area contributed by atoms with Crippen molar-refractivity contribution < 1.29 is 9.53 Å². The monoisotopic (exact) mass is 306 g/mol. The third-order valence-corrected chi connectivity index (χ3v) is 2.69. The van der Waals surface area contributed by atoms with Gasteiger partial charge >= 0.3 is 5.97 Å². The van der Waals surface area contributed by atoms with Crippen molar-refractivity contribution in [3.63, 3.8) is 0 Å². The van der Waals surface area contributed by atoms with E-state index in [1.54, 1.807) is 36.7 Å². The summed E-state index contributed by atoms with van der Waals surface area (Å²) in [7, 11) is 0. The largest absolute Gasteiger partial charge is 0.457 e. The van der Waals surface area contributed by atoms with Gasteiger partial charge in [0.05, 0.1) is 5.56 Å². The van der Waals surface area contributed by atoms with Crippen LogP contribution in [0.25, 0.3) is 0 Å². The zero-order chi connectivity index (χ0) is 13.0. The predicted octanol–water partition coefficient (Wildman–Crippen LogP) is 2.78. The molecule has 92 valence electrons. The van der Waals surface area contributed by atoms with E-state index in [4.69, 9.17) is 10.5 Å². The fraction of sp³-hybridized carbons (Fsp3) is 0.0769. The lowest BCUT2D eigenvalue weighted by molar-refractivity contribution is 0.0472. The van der Waals surface area contributed by atoms with Gasteiger partial charge < -0.3 is 10.5 Å². The molecule has 2 N–H and O–H groups in total. The molecule has 4 nitrogen and oxygen atoms in total. The Morgan fingerprint density at radius 1 is 1.33 bits per heavy atom. The van der Waals surface area contributed by atoms with Gasteiger partial charge in [-0.2, -0.15) is 0 Å². The molecule has 0 aliphatic rings. The molecular weight excluding hydrogens is 296 g/mol. The molecule has 0 aliphatic heterocycles. The number of anilines is 1. The molecule has 0 bridgehead atoms. The van der Waals surface area contributed by atoms with Gasteiger partial charge in [-0.3, -0.25) is 4.98 Å². The van der Waals surface area contributed by atoms with Crippen molar-refractivity contribution in [2.75, 3.05) is 5.73 Å². The molecule has 0 atom stereocenters. The number of nitrogens with zero attached hydrogens (tertiary/aromatic N) is 1. The molecular formula is C13H11BrN2O2. The maximum atomic E-state index is 11.7. The molecule has 0 aliphatic carbocycles. The molecule has 0 saturated carbocycles. The molecule has 0 spiro atoms. The van der Waals surface area contributed by atoms with Crippen LogP contribution in [0.5, 0.6) is 0 Å². The number of rotatable bonds is 3. The second-order valence-electron chi connectivity index (χ2n) is 3.71. The SMILES string of the molecule is Nc1cccc(C(=O)OCc2cncc(Br)c2)c1. The van der Waals surface area contributed by atoms with Gasteiger partial charge in [0.1, 0.15) is 6.61 Å². The highest BCUT2D eigenvalue weighted by molar-refractivity contribution is 9.10. The number of esters is 1. The van der Waals surface area contributed by atoms with E-state index in [1.165, 1.54) is 0 Å². The molecule has 0 saturated heterocycles. The molecule has 18 heavy (non-hydrogen) atoms. The highest BCUT2D eigenvalue weighted by Gasteiger charge is 2.07. The molecule has 0 fully saturated rings. The average Bonchev–Trinajstić information content (AvgIpc) is 2.36. The maximum Gasteiger partial charge on any atom is 0.338 e. The van der Waals surface area contributed by atoms with Crippen LogP contribution in [0.1, 0.15) is 15.9 Å². The molecule has 0 amide bonds. The van der Waals surface area contributed by atoms with Crippen molar-refractivity contribution in [1.82, 2.24) is 4.98 Å². The van der Waals surface area contributed by atoms with Crippen LogP contribution in [0.15, 0.2) is 47.2 Å². The first kappa shape index (κ1) is 12.6. The number of halogens is 1. The predicted molar refractivity (Wildman–Crippen MR) is 71.9 cm³/mol. The van der Waals surface area contributed by atoms with Gasteiger partial charge in [-0.25, -0.2) is 4.79 Å². The molecule has 0 radical (unpaired) electrons. The van der Waals surface area contributed by atoms with Gasteiger partial charge in [-0.05, 0) is 40.2 Å². The van der Waals surface area contributed by atoms with Gasteiger partial charge in [-0.1, -0.05) is 6.07 Å². The quantitative estimate of drug-likeness (QED) is 0.699. The summed E-state index contributed by atoms with van der Waals surface area (Å²) in [6, 6.07) is 8.53. The first-order chi connectivity index (χ1) is 8.65. The average molecular weight is 307 g/mol. The summed E-state index contributed by atoms with van der Waals surface area (Å²) in [5.74, 6) is -0.401. The van der Waals surface area contributed by atoms with E-state index < -0.39 is 5.97 Å². The van der Waals surface area contributed by atoms with Crippen molar-refractivity contribution in [1.29, 1.82) is 0 Å². The van der Waals surface area contributed by atoms with Gasteiger partial charge in [-0.15, -0.1) is 0 Å². The van der Waals surface area contributed by atoms with Crippen LogP contribution in [0.2, 0.25) is 0 Å². The summed E-state index contributed by atoms with van der Waals surface area (Å²) in [6.07, 6.45) is 3.32. The van der Waals surface area contributed by atoms with Crippen LogP contribution in [-0.2, 0) is 11.3 Å². The van der Waals surface area contributed by atoms with Gasteiger partial charge in [0.2, 0.25) is 0 Å². The number of hydrogen-bond acceptors (Lipinski definition) is 4. The number of nitrogens with two attached hydrogens (primary N) is 1. The number of carbonyl (C=O) groups is 1. The Hall–Kier alpha value is -1.88. The number of ether oxygens (including phenoxy) is 1. The highest BCUT2D eigenvalue weighted by atomic mass is 79.9. The molecule has 1 aromatic heterocycles. The smallest absolute Gasteiger partial charge is 0.338 e. The van der Waals surface area contributed by atoms with E-state index in [0.717, 1.165) is 10.0 Å². The second kappa shape index (κ2) is 5.64. The van der Waals surface area contributed by atoms with Crippen LogP contribution < -0.4 is 5.73 Å².